The molecule has 0 radical (unpaired) electrons. The minimum absolute atomic E-state index is 0.0541. The molecule has 1 aromatic carbocycles. The minimum Gasteiger partial charge on any atom is -0.352 e. The molecule has 1 aromatic heterocycles. The van der Waals surface area contributed by atoms with Crippen molar-refractivity contribution in [1.29, 1.82) is 0 Å². The number of carbonyl (C=O) groups excluding carboxylic acids is 2. The van der Waals surface area contributed by atoms with E-state index in [4.69, 9.17) is 0 Å². The summed E-state index contributed by atoms with van der Waals surface area (Å²) >= 11 is 1.43. The number of amides is 2. The molecule has 1 aliphatic rings. The molecule has 0 bridgehead atoms. The number of carbonyl (C=O) groups is 2. The molecule has 0 atom stereocenters. The fourth-order valence-corrected chi connectivity index (χ4v) is 3.92. The van der Waals surface area contributed by atoms with Gasteiger partial charge in [-0.3, -0.25) is 14.5 Å². The van der Waals surface area contributed by atoms with E-state index in [1.54, 1.807) is 4.90 Å². The molecule has 1 aliphatic heterocycles. The van der Waals surface area contributed by atoms with Crippen LogP contribution in [0.25, 0.3) is 0 Å². The molecule has 2 amide bonds. The van der Waals surface area contributed by atoms with Crippen LogP contribution in [0.2, 0.25) is 0 Å². The highest BCUT2D eigenvalue weighted by Gasteiger charge is 2.24. The van der Waals surface area contributed by atoms with Crippen molar-refractivity contribution in [2.75, 3.05) is 25.5 Å². The van der Waals surface area contributed by atoms with E-state index in [1.807, 2.05) is 17.5 Å². The van der Waals surface area contributed by atoms with Crippen LogP contribution >= 0.6 is 11.3 Å². The van der Waals surface area contributed by atoms with Gasteiger partial charge in [0.25, 0.3) is 0 Å². The van der Waals surface area contributed by atoms with E-state index in [1.165, 1.54) is 21.8 Å². The van der Waals surface area contributed by atoms with Gasteiger partial charge in [-0.2, -0.15) is 0 Å². The van der Waals surface area contributed by atoms with E-state index in [-0.39, 0.29) is 18.2 Å². The summed E-state index contributed by atoms with van der Waals surface area (Å²) in [6.07, 6.45) is 1.70. The zero-order valence-corrected chi connectivity index (χ0v) is 16.1. The van der Waals surface area contributed by atoms with E-state index >= 15 is 0 Å². The number of hydrogen-bond donors (Lipinski definition) is 2. The lowest BCUT2D eigenvalue weighted by atomic mass is 10.1. The average Bonchev–Trinajstić information content (AvgIpc) is 3.22. The maximum Gasteiger partial charge on any atom is 0.228 e. The van der Waals surface area contributed by atoms with Crippen LogP contribution in [0.4, 0.5) is 5.13 Å². The van der Waals surface area contributed by atoms with Crippen LogP contribution in [-0.2, 0) is 29.1 Å². The smallest absolute Gasteiger partial charge is 0.228 e. The Morgan fingerprint density at radius 3 is 2.77 bits per heavy atom. The Labute approximate surface area is 157 Å². The maximum atomic E-state index is 12.3. The molecule has 0 spiro atoms. The molecule has 1 saturated heterocycles. The molecule has 2 heterocycles. The molecule has 26 heavy (non-hydrogen) atoms. The second-order valence-corrected chi connectivity index (χ2v) is 7.71. The summed E-state index contributed by atoms with van der Waals surface area (Å²) in [5.41, 5.74) is 3.10. The molecule has 3 rings (SSSR count). The van der Waals surface area contributed by atoms with Crippen LogP contribution in [0.15, 0.2) is 29.6 Å². The number of hydrogen-bond acceptors (Lipinski definition) is 4. The van der Waals surface area contributed by atoms with E-state index in [0.29, 0.717) is 23.8 Å². The summed E-state index contributed by atoms with van der Waals surface area (Å²) in [6, 6.07) is 8.18. The number of benzene rings is 1. The van der Waals surface area contributed by atoms with Gasteiger partial charge in [0, 0.05) is 30.5 Å². The van der Waals surface area contributed by atoms with Crippen molar-refractivity contribution in [3.63, 3.8) is 0 Å². The van der Waals surface area contributed by atoms with Gasteiger partial charge >= 0.3 is 0 Å². The van der Waals surface area contributed by atoms with Crippen LogP contribution in [-0.4, -0.2) is 37.4 Å². The Kier molecular flexibility index (Phi) is 6.00. The summed E-state index contributed by atoms with van der Waals surface area (Å²) in [4.78, 5) is 31.6. The van der Waals surface area contributed by atoms with Crippen LogP contribution in [0, 0.1) is 0 Å². The van der Waals surface area contributed by atoms with Gasteiger partial charge in [-0.1, -0.05) is 24.3 Å². The van der Waals surface area contributed by atoms with Crippen molar-refractivity contribution in [2.24, 2.45) is 0 Å². The van der Waals surface area contributed by atoms with Gasteiger partial charge in [-0.25, -0.2) is 4.98 Å². The first kappa shape index (κ1) is 18.5. The molecular formula is C19H25N4O2S+. The largest absolute Gasteiger partial charge is 0.352 e. The lowest BCUT2D eigenvalue weighted by Crippen LogP contribution is -3.04. The molecule has 2 aromatic rings. The molecule has 138 valence electrons. The van der Waals surface area contributed by atoms with E-state index in [2.05, 4.69) is 36.5 Å². The molecule has 0 unspecified atom stereocenters. The summed E-state index contributed by atoms with van der Waals surface area (Å²) in [6.45, 7) is 2.16. The Balaban J connectivity index is 1.55. The third-order valence-corrected chi connectivity index (χ3v) is 5.24. The van der Waals surface area contributed by atoms with Crippen LogP contribution in [0.1, 0.15) is 29.7 Å². The lowest BCUT2D eigenvalue weighted by Gasteiger charge is -2.12. The number of nitrogens with zero attached hydrogens (tertiary/aromatic N) is 2. The van der Waals surface area contributed by atoms with Crippen molar-refractivity contribution < 1.29 is 14.5 Å². The van der Waals surface area contributed by atoms with Crippen molar-refractivity contribution in [3.8, 4) is 0 Å². The Morgan fingerprint density at radius 1 is 1.31 bits per heavy atom. The Morgan fingerprint density at radius 2 is 2.08 bits per heavy atom. The zero-order valence-electron chi connectivity index (χ0n) is 15.2. The number of quaternary nitrogens is 1. The molecule has 0 saturated carbocycles. The molecule has 6 nitrogen and oxygen atoms in total. The fourth-order valence-electron chi connectivity index (χ4n) is 3.06. The summed E-state index contributed by atoms with van der Waals surface area (Å²) < 4.78 is 0. The summed E-state index contributed by atoms with van der Waals surface area (Å²) in [5.74, 6) is 0.0663. The van der Waals surface area contributed by atoms with Crippen molar-refractivity contribution in [2.45, 2.75) is 32.4 Å². The Bertz CT molecular complexity index is 787. The van der Waals surface area contributed by atoms with Gasteiger partial charge in [-0.15, -0.1) is 11.3 Å². The molecule has 1 fully saturated rings. The zero-order chi connectivity index (χ0) is 18.5. The fraction of sp³-hybridized carbons (Fsp3) is 0.421. The Hall–Kier alpha value is -2.25. The molecule has 7 heteroatoms. The number of nitrogens with one attached hydrogen (secondary N) is 2. The predicted molar refractivity (Wildman–Crippen MR) is 102 cm³/mol. The highest BCUT2D eigenvalue weighted by atomic mass is 32.1. The highest BCUT2D eigenvalue weighted by molar-refractivity contribution is 7.14. The normalized spacial score (nSPS) is 14.3. The number of thiazole rings is 1. The van der Waals surface area contributed by atoms with Crippen molar-refractivity contribution in [3.05, 3.63) is 46.5 Å². The first-order valence-corrected chi connectivity index (χ1v) is 9.78. The first-order valence-electron chi connectivity index (χ1n) is 8.90. The number of aromatic nitrogens is 1. The lowest BCUT2D eigenvalue weighted by molar-refractivity contribution is -0.872. The van der Waals surface area contributed by atoms with Gasteiger partial charge in [0.2, 0.25) is 11.8 Å². The van der Waals surface area contributed by atoms with Gasteiger partial charge < -0.3 is 10.2 Å². The predicted octanol–water partition coefficient (Wildman–Crippen LogP) is 0.773. The SMILES string of the molecule is C[NH+](C)Cc1ccccc1CNC(=O)Cc1csc(N2CCCC2=O)n1. The number of anilines is 1. The highest BCUT2D eigenvalue weighted by Crippen LogP contribution is 2.25. The molecule has 0 aliphatic carbocycles. The molecule has 2 N–H and O–H groups in total. The van der Waals surface area contributed by atoms with E-state index in [0.717, 1.165) is 25.1 Å². The van der Waals surface area contributed by atoms with E-state index < -0.39 is 0 Å². The monoisotopic (exact) mass is 373 g/mol. The third-order valence-electron chi connectivity index (χ3n) is 4.32. The summed E-state index contributed by atoms with van der Waals surface area (Å²) in [7, 11) is 4.22. The summed E-state index contributed by atoms with van der Waals surface area (Å²) in [5, 5.41) is 5.55. The second kappa shape index (κ2) is 8.42. The van der Waals surface area contributed by atoms with Crippen LogP contribution < -0.4 is 15.1 Å². The van der Waals surface area contributed by atoms with Crippen LogP contribution in [0.3, 0.4) is 0 Å². The standard InChI is InChI=1S/C19H24N4O2S/c1-22(2)12-15-7-4-3-6-14(15)11-20-17(24)10-16-13-26-19(21-16)23-9-5-8-18(23)25/h3-4,6-7,13H,5,8-12H2,1-2H3,(H,20,24)/p+1. The van der Waals surface area contributed by atoms with Gasteiger partial charge in [0.1, 0.15) is 6.54 Å². The van der Waals surface area contributed by atoms with E-state index in [9.17, 15) is 9.59 Å². The van der Waals surface area contributed by atoms with Gasteiger partial charge in [0.05, 0.1) is 26.2 Å². The van der Waals surface area contributed by atoms with Gasteiger partial charge in [-0.05, 0) is 12.0 Å². The quantitative estimate of drug-likeness (QED) is 0.754. The maximum absolute atomic E-state index is 12.3. The van der Waals surface area contributed by atoms with Crippen molar-refractivity contribution >= 4 is 28.3 Å². The minimum atomic E-state index is -0.0541. The average molecular weight is 374 g/mol. The first-order chi connectivity index (χ1) is 12.5. The third kappa shape index (κ3) is 4.68. The molecular weight excluding hydrogens is 348 g/mol. The van der Waals surface area contributed by atoms with Crippen LogP contribution in [0.5, 0.6) is 0 Å². The number of rotatable bonds is 7. The second-order valence-electron chi connectivity index (χ2n) is 6.88. The topological polar surface area (TPSA) is 66.7 Å². The van der Waals surface area contributed by atoms with Gasteiger partial charge in [0.15, 0.2) is 5.13 Å². The van der Waals surface area contributed by atoms with Crippen molar-refractivity contribution in [1.82, 2.24) is 10.3 Å².